The number of aryl methyl sites for hydroxylation is 2. The molecule has 0 amide bonds. The van der Waals surface area contributed by atoms with E-state index in [1.54, 1.807) is 0 Å². The molecule has 2 rings (SSSR count). The van der Waals surface area contributed by atoms with Crippen molar-refractivity contribution < 1.29 is 9.90 Å². The van der Waals surface area contributed by atoms with Crippen molar-refractivity contribution >= 4 is 5.97 Å². The molecule has 1 aliphatic carbocycles. The highest BCUT2D eigenvalue weighted by Crippen LogP contribution is 2.44. The molecule has 1 atom stereocenters. The van der Waals surface area contributed by atoms with Gasteiger partial charge in [0.2, 0.25) is 0 Å². The maximum atomic E-state index is 11.1. The number of hydrogen-bond acceptors (Lipinski definition) is 1. The molecule has 0 radical (unpaired) electrons. The van der Waals surface area contributed by atoms with Crippen molar-refractivity contribution in [1.29, 1.82) is 0 Å². The Morgan fingerprint density at radius 2 is 2.06 bits per heavy atom. The highest BCUT2D eigenvalue weighted by molar-refractivity contribution is 5.68. The van der Waals surface area contributed by atoms with E-state index >= 15 is 0 Å². The minimum atomic E-state index is -0.692. The molecule has 0 heterocycles. The molecule has 0 bridgehead atoms. The number of rotatable bonds is 2. The van der Waals surface area contributed by atoms with Crippen LogP contribution in [0.2, 0.25) is 0 Å². The molecule has 18 heavy (non-hydrogen) atoms. The zero-order valence-corrected chi connectivity index (χ0v) is 11.7. The normalized spacial score (nSPS) is 21.4. The topological polar surface area (TPSA) is 37.3 Å². The number of carboxylic acid groups (broad SMARTS) is 1. The van der Waals surface area contributed by atoms with Gasteiger partial charge in [0.25, 0.3) is 0 Å². The van der Waals surface area contributed by atoms with Crippen LogP contribution in [0.1, 0.15) is 54.9 Å². The fourth-order valence-corrected chi connectivity index (χ4v) is 3.36. The summed E-state index contributed by atoms with van der Waals surface area (Å²) in [5, 5.41) is 9.10. The van der Waals surface area contributed by atoms with Crippen molar-refractivity contribution in [3.05, 3.63) is 34.4 Å². The maximum Gasteiger partial charge on any atom is 0.303 e. The third-order valence-electron chi connectivity index (χ3n) is 3.97. The van der Waals surface area contributed by atoms with Gasteiger partial charge in [0, 0.05) is 0 Å². The molecule has 0 saturated carbocycles. The molecule has 2 heteroatoms. The molecular formula is C16H22O2. The minimum absolute atomic E-state index is 0.167. The molecule has 0 spiro atoms. The second kappa shape index (κ2) is 4.42. The predicted octanol–water partition coefficient (Wildman–Crippen LogP) is 3.83. The summed E-state index contributed by atoms with van der Waals surface area (Å²) in [4.78, 5) is 11.1. The number of carbonyl (C=O) groups is 1. The predicted molar refractivity (Wildman–Crippen MR) is 73.0 cm³/mol. The third-order valence-corrected chi connectivity index (χ3v) is 3.97. The Bertz CT molecular complexity index is 486. The van der Waals surface area contributed by atoms with Gasteiger partial charge in [-0.1, -0.05) is 31.5 Å². The van der Waals surface area contributed by atoms with Crippen LogP contribution in [0.4, 0.5) is 0 Å². The lowest BCUT2D eigenvalue weighted by atomic mass is 9.67. The first-order valence-electron chi connectivity index (χ1n) is 6.60. The lowest BCUT2D eigenvalue weighted by Gasteiger charge is -2.37. The summed E-state index contributed by atoms with van der Waals surface area (Å²) in [5.41, 5.74) is 5.40. The van der Waals surface area contributed by atoms with Crippen molar-refractivity contribution in [1.82, 2.24) is 0 Å². The molecular weight excluding hydrogens is 224 g/mol. The fourth-order valence-electron chi connectivity index (χ4n) is 3.36. The van der Waals surface area contributed by atoms with Crippen LogP contribution in [-0.2, 0) is 11.2 Å². The Labute approximate surface area is 109 Å². The summed E-state index contributed by atoms with van der Waals surface area (Å²) in [6.07, 6.45) is 2.28. The van der Waals surface area contributed by atoms with E-state index in [0.29, 0.717) is 0 Å². The Kier molecular flexibility index (Phi) is 3.22. The lowest BCUT2D eigenvalue weighted by molar-refractivity contribution is -0.137. The largest absolute Gasteiger partial charge is 0.481 e. The van der Waals surface area contributed by atoms with Crippen LogP contribution in [0.25, 0.3) is 0 Å². The van der Waals surface area contributed by atoms with Crippen LogP contribution in [0.3, 0.4) is 0 Å². The minimum Gasteiger partial charge on any atom is -0.481 e. The van der Waals surface area contributed by atoms with E-state index < -0.39 is 5.97 Å². The Balaban J connectivity index is 2.49. The molecule has 0 saturated heterocycles. The van der Waals surface area contributed by atoms with Crippen LogP contribution in [0, 0.1) is 19.3 Å². The molecule has 1 unspecified atom stereocenters. The number of benzene rings is 1. The van der Waals surface area contributed by atoms with Crippen molar-refractivity contribution in [2.45, 2.75) is 52.9 Å². The standard InChI is InChI=1S/C16H22O2/c1-10-5-11(2)14-9-16(3,4)8-12(7-15(17)18)13(14)6-10/h5-6,12H,7-9H2,1-4H3,(H,17,18). The number of aliphatic carboxylic acids is 1. The molecule has 1 aliphatic rings. The van der Waals surface area contributed by atoms with Crippen molar-refractivity contribution in [2.24, 2.45) is 5.41 Å². The number of fused-ring (bicyclic) bond motifs is 1. The number of carboxylic acids is 1. The van der Waals surface area contributed by atoms with Gasteiger partial charge in [0.1, 0.15) is 0 Å². The van der Waals surface area contributed by atoms with Gasteiger partial charge in [-0.3, -0.25) is 4.79 Å². The zero-order valence-electron chi connectivity index (χ0n) is 11.7. The highest BCUT2D eigenvalue weighted by Gasteiger charge is 2.34. The Morgan fingerprint density at radius 3 is 2.67 bits per heavy atom. The van der Waals surface area contributed by atoms with E-state index in [0.717, 1.165) is 12.8 Å². The van der Waals surface area contributed by atoms with Gasteiger partial charge in [-0.15, -0.1) is 0 Å². The first kappa shape index (κ1) is 13.1. The molecule has 0 fully saturated rings. The second-order valence-corrected chi connectivity index (χ2v) is 6.49. The van der Waals surface area contributed by atoms with Gasteiger partial charge in [-0.25, -0.2) is 0 Å². The fraction of sp³-hybridized carbons (Fsp3) is 0.562. The van der Waals surface area contributed by atoms with Crippen LogP contribution in [0.5, 0.6) is 0 Å². The summed E-state index contributed by atoms with van der Waals surface area (Å²) in [7, 11) is 0. The second-order valence-electron chi connectivity index (χ2n) is 6.49. The van der Waals surface area contributed by atoms with Gasteiger partial charge in [-0.05, 0) is 54.7 Å². The SMILES string of the molecule is Cc1cc(C)c2c(c1)C(CC(=O)O)CC(C)(C)C2. The molecule has 0 aliphatic heterocycles. The molecule has 0 aromatic heterocycles. The summed E-state index contributed by atoms with van der Waals surface area (Å²) < 4.78 is 0. The van der Waals surface area contributed by atoms with Gasteiger partial charge < -0.3 is 5.11 Å². The van der Waals surface area contributed by atoms with Gasteiger partial charge in [0.15, 0.2) is 0 Å². The van der Waals surface area contributed by atoms with Crippen LogP contribution >= 0.6 is 0 Å². The van der Waals surface area contributed by atoms with Crippen LogP contribution in [-0.4, -0.2) is 11.1 Å². The molecule has 1 N–H and O–H groups in total. The first-order valence-corrected chi connectivity index (χ1v) is 6.60. The highest BCUT2D eigenvalue weighted by atomic mass is 16.4. The van der Waals surface area contributed by atoms with Gasteiger partial charge in [-0.2, -0.15) is 0 Å². The summed E-state index contributed by atoms with van der Waals surface area (Å²) >= 11 is 0. The van der Waals surface area contributed by atoms with E-state index in [-0.39, 0.29) is 17.8 Å². The Morgan fingerprint density at radius 1 is 1.39 bits per heavy atom. The summed E-state index contributed by atoms with van der Waals surface area (Å²) in [5.74, 6) is -0.525. The Hall–Kier alpha value is -1.31. The van der Waals surface area contributed by atoms with Crippen molar-refractivity contribution in [2.75, 3.05) is 0 Å². The van der Waals surface area contributed by atoms with Gasteiger partial charge in [0.05, 0.1) is 6.42 Å². The average Bonchev–Trinajstić information content (AvgIpc) is 2.18. The van der Waals surface area contributed by atoms with Gasteiger partial charge >= 0.3 is 5.97 Å². The van der Waals surface area contributed by atoms with E-state index in [4.69, 9.17) is 5.11 Å². The van der Waals surface area contributed by atoms with E-state index in [9.17, 15) is 4.79 Å². The third kappa shape index (κ3) is 2.58. The van der Waals surface area contributed by atoms with Crippen molar-refractivity contribution in [3.63, 3.8) is 0 Å². The summed E-state index contributed by atoms with van der Waals surface area (Å²) in [6.45, 7) is 8.71. The van der Waals surface area contributed by atoms with E-state index in [1.165, 1.54) is 22.3 Å². The number of hydrogen-bond donors (Lipinski definition) is 1. The molecule has 98 valence electrons. The van der Waals surface area contributed by atoms with Crippen molar-refractivity contribution in [3.8, 4) is 0 Å². The van der Waals surface area contributed by atoms with Crippen LogP contribution < -0.4 is 0 Å². The van der Waals surface area contributed by atoms with E-state index in [1.807, 2.05) is 0 Å². The molecule has 1 aromatic carbocycles. The van der Waals surface area contributed by atoms with Crippen LogP contribution in [0.15, 0.2) is 12.1 Å². The maximum absolute atomic E-state index is 11.1. The first-order chi connectivity index (χ1) is 8.28. The summed E-state index contributed by atoms with van der Waals surface area (Å²) in [6, 6.07) is 4.39. The van der Waals surface area contributed by atoms with E-state index in [2.05, 4.69) is 39.8 Å². The molecule has 1 aromatic rings. The monoisotopic (exact) mass is 246 g/mol. The lowest BCUT2D eigenvalue weighted by Crippen LogP contribution is -2.27. The quantitative estimate of drug-likeness (QED) is 0.861. The zero-order chi connectivity index (χ0) is 13.5. The average molecular weight is 246 g/mol. The smallest absolute Gasteiger partial charge is 0.303 e. The molecule has 2 nitrogen and oxygen atoms in total.